The Balaban J connectivity index is 2.10. The molecule has 0 aromatic heterocycles. The summed E-state index contributed by atoms with van der Waals surface area (Å²) in [5, 5.41) is 3.27. The van der Waals surface area contributed by atoms with Gasteiger partial charge in [-0.3, -0.25) is 0 Å². The highest BCUT2D eigenvalue weighted by atomic mass is 19.4. The second-order valence-electron chi connectivity index (χ2n) is 5.19. The standard InChI is InChI=1S/C14H17F4N/c1-2-13(4-3-5-13)19-9-10-6-11(14(16,17)18)8-12(15)7-10/h6-8,19H,2-5,9H2,1H3. The molecule has 19 heavy (non-hydrogen) atoms. The largest absolute Gasteiger partial charge is 0.416 e. The number of halogens is 4. The van der Waals surface area contributed by atoms with Crippen LogP contribution in [0.15, 0.2) is 18.2 Å². The molecule has 1 fully saturated rings. The van der Waals surface area contributed by atoms with Gasteiger partial charge in [-0.2, -0.15) is 13.2 Å². The van der Waals surface area contributed by atoms with Gasteiger partial charge in [-0.15, -0.1) is 0 Å². The van der Waals surface area contributed by atoms with Crippen LogP contribution in [0.4, 0.5) is 17.6 Å². The van der Waals surface area contributed by atoms with Gasteiger partial charge in [-0.25, -0.2) is 4.39 Å². The van der Waals surface area contributed by atoms with Gasteiger partial charge in [0, 0.05) is 12.1 Å². The Kier molecular flexibility index (Phi) is 3.85. The van der Waals surface area contributed by atoms with Crippen molar-refractivity contribution in [2.45, 2.75) is 50.9 Å². The minimum atomic E-state index is -4.50. The van der Waals surface area contributed by atoms with Gasteiger partial charge in [0.05, 0.1) is 5.56 Å². The molecular formula is C14H17F4N. The molecule has 0 saturated heterocycles. The summed E-state index contributed by atoms with van der Waals surface area (Å²) in [6.07, 6.45) is -0.363. The minimum absolute atomic E-state index is 0.0325. The van der Waals surface area contributed by atoms with Crippen LogP contribution in [-0.4, -0.2) is 5.54 Å². The monoisotopic (exact) mass is 275 g/mol. The first-order chi connectivity index (χ1) is 8.85. The van der Waals surface area contributed by atoms with Gasteiger partial charge in [0.25, 0.3) is 0 Å². The molecule has 106 valence electrons. The third kappa shape index (κ3) is 3.26. The molecule has 0 unspecified atom stereocenters. The number of nitrogens with one attached hydrogen (secondary N) is 1. The summed E-state index contributed by atoms with van der Waals surface area (Å²) in [5.41, 5.74) is -0.555. The Labute approximate surface area is 110 Å². The molecule has 0 amide bonds. The van der Waals surface area contributed by atoms with Gasteiger partial charge in [0.15, 0.2) is 0 Å². The topological polar surface area (TPSA) is 12.0 Å². The van der Waals surface area contributed by atoms with Crippen LogP contribution in [0.5, 0.6) is 0 Å². The van der Waals surface area contributed by atoms with E-state index in [1.54, 1.807) is 0 Å². The predicted molar refractivity (Wildman–Crippen MR) is 65.1 cm³/mol. The van der Waals surface area contributed by atoms with Gasteiger partial charge in [-0.1, -0.05) is 6.92 Å². The van der Waals surface area contributed by atoms with Gasteiger partial charge in [0.2, 0.25) is 0 Å². The van der Waals surface area contributed by atoms with E-state index in [4.69, 9.17) is 0 Å². The fourth-order valence-corrected chi connectivity index (χ4v) is 2.46. The molecule has 1 aromatic rings. The quantitative estimate of drug-likeness (QED) is 0.809. The molecule has 1 saturated carbocycles. The number of rotatable bonds is 4. The lowest BCUT2D eigenvalue weighted by Gasteiger charge is -2.42. The summed E-state index contributed by atoms with van der Waals surface area (Å²) < 4.78 is 51.0. The van der Waals surface area contributed by atoms with Gasteiger partial charge >= 0.3 is 6.18 Å². The summed E-state index contributed by atoms with van der Waals surface area (Å²) >= 11 is 0. The van der Waals surface area contributed by atoms with Crippen molar-refractivity contribution in [2.75, 3.05) is 0 Å². The van der Waals surface area contributed by atoms with Crippen molar-refractivity contribution < 1.29 is 17.6 Å². The lowest BCUT2D eigenvalue weighted by Crippen LogP contribution is -2.49. The lowest BCUT2D eigenvalue weighted by atomic mass is 9.75. The lowest BCUT2D eigenvalue weighted by molar-refractivity contribution is -0.137. The molecule has 1 aromatic carbocycles. The smallest absolute Gasteiger partial charge is 0.307 e. The van der Waals surface area contributed by atoms with E-state index in [0.29, 0.717) is 11.6 Å². The third-order valence-electron chi connectivity index (χ3n) is 3.94. The Morgan fingerprint density at radius 2 is 1.89 bits per heavy atom. The zero-order valence-corrected chi connectivity index (χ0v) is 10.8. The van der Waals surface area contributed by atoms with E-state index in [0.717, 1.165) is 37.8 Å². The molecule has 1 N–H and O–H groups in total. The summed E-state index contributed by atoms with van der Waals surface area (Å²) in [6, 6.07) is 2.70. The summed E-state index contributed by atoms with van der Waals surface area (Å²) in [6.45, 7) is 2.33. The zero-order valence-electron chi connectivity index (χ0n) is 10.8. The summed E-state index contributed by atoms with van der Waals surface area (Å²) in [5.74, 6) is -0.842. The van der Waals surface area contributed by atoms with Crippen molar-refractivity contribution in [3.05, 3.63) is 35.1 Å². The van der Waals surface area contributed by atoms with Crippen LogP contribution < -0.4 is 5.32 Å². The molecule has 0 heterocycles. The molecule has 1 nitrogen and oxygen atoms in total. The first kappa shape index (κ1) is 14.3. The van der Waals surface area contributed by atoms with E-state index in [1.165, 1.54) is 0 Å². The molecule has 5 heteroatoms. The van der Waals surface area contributed by atoms with Crippen molar-refractivity contribution >= 4 is 0 Å². The maximum absolute atomic E-state index is 13.2. The first-order valence-electron chi connectivity index (χ1n) is 6.46. The Bertz CT molecular complexity index is 444. The molecule has 0 radical (unpaired) electrons. The number of hydrogen-bond donors (Lipinski definition) is 1. The van der Waals surface area contributed by atoms with E-state index >= 15 is 0 Å². The van der Waals surface area contributed by atoms with Crippen LogP contribution in [-0.2, 0) is 12.7 Å². The number of hydrogen-bond acceptors (Lipinski definition) is 1. The van der Waals surface area contributed by atoms with Crippen LogP contribution >= 0.6 is 0 Å². The predicted octanol–water partition coefficient (Wildman–Crippen LogP) is 4.27. The molecule has 1 aliphatic rings. The molecule has 1 aliphatic carbocycles. The van der Waals surface area contributed by atoms with E-state index in [1.807, 2.05) is 0 Å². The molecule has 0 aliphatic heterocycles. The molecule has 0 bridgehead atoms. The van der Waals surface area contributed by atoms with Crippen LogP contribution in [0.1, 0.15) is 43.7 Å². The first-order valence-corrected chi connectivity index (χ1v) is 6.46. The molecular weight excluding hydrogens is 258 g/mol. The van der Waals surface area contributed by atoms with Crippen LogP contribution in [0.3, 0.4) is 0 Å². The fourth-order valence-electron chi connectivity index (χ4n) is 2.46. The maximum atomic E-state index is 13.2. The summed E-state index contributed by atoms with van der Waals surface area (Å²) in [7, 11) is 0. The number of alkyl halides is 3. The normalized spacial score (nSPS) is 18.2. The van der Waals surface area contributed by atoms with Gasteiger partial charge < -0.3 is 5.32 Å². The highest BCUT2D eigenvalue weighted by molar-refractivity contribution is 5.27. The van der Waals surface area contributed by atoms with Crippen molar-refractivity contribution in [3.8, 4) is 0 Å². The second-order valence-corrected chi connectivity index (χ2v) is 5.19. The SMILES string of the molecule is CCC1(NCc2cc(F)cc(C(F)(F)F)c2)CCC1. The van der Waals surface area contributed by atoms with Crippen molar-refractivity contribution in [2.24, 2.45) is 0 Å². The highest BCUT2D eigenvalue weighted by Gasteiger charge is 2.35. The van der Waals surface area contributed by atoms with Gasteiger partial charge in [0.1, 0.15) is 5.82 Å². The average Bonchev–Trinajstić information content (AvgIpc) is 2.26. The zero-order chi connectivity index (χ0) is 14.1. The van der Waals surface area contributed by atoms with E-state index < -0.39 is 17.6 Å². The van der Waals surface area contributed by atoms with E-state index in [9.17, 15) is 17.6 Å². The fraction of sp³-hybridized carbons (Fsp3) is 0.571. The average molecular weight is 275 g/mol. The van der Waals surface area contributed by atoms with E-state index in [-0.39, 0.29) is 12.1 Å². The van der Waals surface area contributed by atoms with Crippen LogP contribution in [0.2, 0.25) is 0 Å². The van der Waals surface area contributed by atoms with Crippen molar-refractivity contribution in [1.29, 1.82) is 0 Å². The Morgan fingerprint density at radius 3 is 2.37 bits per heavy atom. The highest BCUT2D eigenvalue weighted by Crippen LogP contribution is 2.35. The summed E-state index contributed by atoms with van der Waals surface area (Å²) in [4.78, 5) is 0. The molecule has 0 atom stereocenters. The van der Waals surface area contributed by atoms with Crippen molar-refractivity contribution in [1.82, 2.24) is 5.32 Å². The van der Waals surface area contributed by atoms with Crippen LogP contribution in [0.25, 0.3) is 0 Å². The minimum Gasteiger partial charge on any atom is -0.307 e. The van der Waals surface area contributed by atoms with Crippen LogP contribution in [0, 0.1) is 5.82 Å². The van der Waals surface area contributed by atoms with E-state index in [2.05, 4.69) is 12.2 Å². The third-order valence-corrected chi connectivity index (χ3v) is 3.94. The Hall–Kier alpha value is -1.10. The number of benzene rings is 1. The molecule has 2 rings (SSSR count). The molecule has 0 spiro atoms. The van der Waals surface area contributed by atoms with Crippen molar-refractivity contribution in [3.63, 3.8) is 0 Å². The Morgan fingerprint density at radius 1 is 1.21 bits per heavy atom. The second kappa shape index (κ2) is 5.12. The van der Waals surface area contributed by atoms with Gasteiger partial charge in [-0.05, 0) is 49.4 Å². The maximum Gasteiger partial charge on any atom is 0.416 e.